The molecule has 2 aromatic carbocycles. The average molecular weight is 1070 g/mol. The fourth-order valence-electron chi connectivity index (χ4n) is 7.51. The molecular weight excluding hydrogens is 1010 g/mol. The summed E-state index contributed by atoms with van der Waals surface area (Å²) in [5.74, 6) is 0.0831. The quantitative estimate of drug-likeness (QED) is 0.0690. The van der Waals surface area contributed by atoms with Gasteiger partial charge in [-0.3, -0.25) is 9.59 Å². The minimum Gasteiger partial charge on any atom is -0.464 e. The topological polar surface area (TPSA) is 211 Å². The van der Waals surface area contributed by atoms with E-state index < -0.39 is 32.1 Å². The van der Waals surface area contributed by atoms with Crippen LogP contribution in [-0.2, 0) is 55.6 Å². The molecule has 0 aliphatic heterocycles. The van der Waals surface area contributed by atoms with Gasteiger partial charge in [0.1, 0.15) is 23.2 Å². The highest BCUT2D eigenvalue weighted by Gasteiger charge is 2.33. The number of carbonyl (C=O) groups excluding carboxylic acids is 2. The lowest BCUT2D eigenvalue weighted by atomic mass is 10.1. The van der Waals surface area contributed by atoms with Gasteiger partial charge in [0.2, 0.25) is 31.9 Å². The van der Waals surface area contributed by atoms with Gasteiger partial charge >= 0.3 is 0 Å². The Bertz CT molecular complexity index is 3190. The van der Waals surface area contributed by atoms with E-state index in [2.05, 4.69) is 43.2 Å². The maximum Gasteiger partial charge on any atom is 0.241 e. The first kappa shape index (κ1) is 52.6. The number of amides is 2. The molecule has 0 radical (unpaired) electrons. The zero-order valence-electron chi connectivity index (χ0n) is 39.8. The van der Waals surface area contributed by atoms with E-state index in [4.69, 9.17) is 8.83 Å². The molecule has 0 saturated heterocycles. The second-order valence-electron chi connectivity index (χ2n) is 17.9. The zero-order chi connectivity index (χ0) is 50.2. The van der Waals surface area contributed by atoms with Crippen molar-refractivity contribution in [1.29, 1.82) is 0 Å². The molecule has 0 fully saturated rings. The van der Waals surface area contributed by atoms with Gasteiger partial charge in [0.05, 0.1) is 79.2 Å². The summed E-state index contributed by atoms with van der Waals surface area (Å²) in [6.45, 7) is 15.8. The second-order valence-corrected chi connectivity index (χ2v) is 24.7. The lowest BCUT2D eigenvalue weighted by molar-refractivity contribution is -0.134. The van der Waals surface area contributed by atoms with Gasteiger partial charge in [0.25, 0.3) is 0 Å². The summed E-state index contributed by atoms with van der Waals surface area (Å²) in [6, 6.07) is 10.6. The van der Waals surface area contributed by atoms with Crippen LogP contribution >= 0.6 is 45.3 Å². The number of aromatic nitrogens is 4. The number of hydrogen-bond donors (Lipinski definition) is 2. The van der Waals surface area contributed by atoms with Crippen LogP contribution in [-0.4, -0.2) is 83.6 Å². The van der Waals surface area contributed by atoms with Crippen molar-refractivity contribution in [2.75, 3.05) is 13.1 Å². The summed E-state index contributed by atoms with van der Waals surface area (Å²) in [6.07, 6.45) is 3.32. The molecule has 0 aliphatic carbocycles. The Morgan fingerprint density at radius 3 is 1.46 bits per heavy atom. The number of fused-ring (bicyclic) bond motifs is 2. The largest absolute Gasteiger partial charge is 0.464 e. The Balaban J connectivity index is 0.000000207. The van der Waals surface area contributed by atoms with E-state index in [1.165, 1.54) is 64.7 Å². The standard InChI is InChI=1S/C25H30N4O4S3.C23H26N4O4S3/c1-16(2)11-29(12-20-14-35-24(27-20)17(3)4)25(30)22(10-19-13-34-15-26-19)28-36(31,32)21-5-6-23-18(9-21)7-8-33-23;1-15(2)10-27(11-19-13-33-16(3)25-19)23(28)21(9-18-12-32-14-24-18)26-34(29,30)20-4-5-22-17(8-20)6-7-31-22/h5-9,13-17,22,28H,10-12H2,1-4H3;4-8,12-15,21,26H,9-11H2,1-3H3/t22-;21-/m00/s1. The third kappa shape index (κ3) is 14.0. The molecule has 2 atom stereocenters. The summed E-state index contributed by atoms with van der Waals surface area (Å²) >= 11 is 5.90. The molecule has 0 unspecified atom stereocenters. The van der Waals surface area contributed by atoms with Gasteiger partial charge in [-0.25, -0.2) is 36.8 Å². The summed E-state index contributed by atoms with van der Waals surface area (Å²) in [7, 11) is -7.98. The average Bonchev–Trinajstić information content (AvgIpc) is 4.17. The van der Waals surface area contributed by atoms with Gasteiger partial charge in [0, 0.05) is 64.1 Å². The first-order chi connectivity index (χ1) is 33.3. The first-order valence-corrected chi connectivity index (χ1v) is 29.1. The fraction of sp³-hybridized carbons (Fsp3) is 0.375. The van der Waals surface area contributed by atoms with Gasteiger partial charge in [-0.2, -0.15) is 9.44 Å². The van der Waals surface area contributed by atoms with E-state index >= 15 is 0 Å². The van der Waals surface area contributed by atoms with Crippen molar-refractivity contribution in [2.45, 2.75) is 102 Å². The lowest BCUT2D eigenvalue weighted by Crippen LogP contribution is -2.50. The van der Waals surface area contributed by atoms with E-state index in [0.717, 1.165) is 21.4 Å². The smallest absolute Gasteiger partial charge is 0.241 e. The maximum absolute atomic E-state index is 13.9. The SMILES string of the molecule is CC(C)CN(Cc1csc(C(C)C)n1)C(=O)[C@H](Cc1cscn1)NS(=O)(=O)c1ccc2occc2c1.Cc1nc(CN(CC(C)C)C(=O)[C@H](Cc2cscn2)NS(=O)(=O)c2ccc3occc3c2)cs1. The van der Waals surface area contributed by atoms with Gasteiger partial charge in [-0.05, 0) is 67.3 Å². The highest BCUT2D eigenvalue weighted by Crippen LogP contribution is 2.25. The Hall–Kier alpha value is -5.20. The minimum absolute atomic E-state index is 0.0722. The van der Waals surface area contributed by atoms with E-state index in [-0.39, 0.29) is 46.3 Å². The van der Waals surface area contributed by atoms with Gasteiger partial charge < -0.3 is 18.6 Å². The Morgan fingerprint density at radius 1 is 0.614 bits per heavy atom. The normalized spacial score (nSPS) is 13.0. The third-order valence-electron chi connectivity index (χ3n) is 10.7. The Labute approximate surface area is 424 Å². The number of benzene rings is 2. The molecule has 372 valence electrons. The van der Waals surface area contributed by atoms with Crippen LogP contribution in [0.5, 0.6) is 0 Å². The zero-order valence-corrected chi connectivity index (χ0v) is 44.7. The molecule has 6 heterocycles. The number of thiazole rings is 4. The minimum atomic E-state index is -4.00. The molecule has 16 nitrogen and oxygen atoms in total. The number of hydrogen-bond acceptors (Lipinski definition) is 16. The van der Waals surface area contributed by atoms with Crippen LogP contribution in [0.15, 0.2) is 112 Å². The molecule has 70 heavy (non-hydrogen) atoms. The van der Waals surface area contributed by atoms with Crippen molar-refractivity contribution in [3.63, 3.8) is 0 Å². The van der Waals surface area contributed by atoms with Crippen molar-refractivity contribution < 1.29 is 35.3 Å². The predicted molar refractivity (Wildman–Crippen MR) is 276 cm³/mol. The highest BCUT2D eigenvalue weighted by molar-refractivity contribution is 7.89. The molecule has 8 aromatic rings. The molecule has 2 N–H and O–H groups in total. The molecular formula is C48H56N8O8S6. The number of nitrogens with zero attached hydrogens (tertiary/aromatic N) is 6. The summed E-state index contributed by atoms with van der Waals surface area (Å²) < 4.78 is 69.3. The van der Waals surface area contributed by atoms with Gasteiger partial charge in [-0.15, -0.1) is 45.3 Å². The predicted octanol–water partition coefficient (Wildman–Crippen LogP) is 9.27. The van der Waals surface area contributed by atoms with Crippen molar-refractivity contribution in [3.05, 3.63) is 126 Å². The highest BCUT2D eigenvalue weighted by atomic mass is 32.2. The Kier molecular flexibility index (Phi) is 17.6. The molecule has 0 spiro atoms. The van der Waals surface area contributed by atoms with E-state index in [1.54, 1.807) is 62.5 Å². The molecule has 22 heteroatoms. The van der Waals surface area contributed by atoms with Crippen LogP contribution < -0.4 is 9.44 Å². The number of rotatable bonds is 21. The Morgan fingerprint density at radius 2 is 1.07 bits per heavy atom. The summed E-state index contributed by atoms with van der Waals surface area (Å²) in [5, 5.41) is 10.8. The van der Waals surface area contributed by atoms with Crippen molar-refractivity contribution in [3.8, 4) is 0 Å². The van der Waals surface area contributed by atoms with Crippen molar-refractivity contribution in [1.82, 2.24) is 39.2 Å². The number of nitrogens with one attached hydrogen (secondary N) is 2. The number of carbonyl (C=O) groups is 2. The van der Waals surface area contributed by atoms with Crippen LogP contribution in [0.2, 0.25) is 0 Å². The molecule has 8 rings (SSSR count). The summed E-state index contributed by atoms with van der Waals surface area (Å²) in [5.41, 5.74) is 7.44. The molecule has 2 amide bonds. The maximum atomic E-state index is 13.9. The number of furan rings is 2. The monoisotopic (exact) mass is 1060 g/mol. The summed E-state index contributed by atoms with van der Waals surface area (Å²) in [4.78, 5) is 48.9. The van der Waals surface area contributed by atoms with Crippen LogP contribution in [0, 0.1) is 18.8 Å². The molecule has 0 saturated carbocycles. The fourth-order valence-corrected chi connectivity index (χ4v) is 12.5. The molecule has 6 aromatic heterocycles. The van der Waals surface area contributed by atoms with Gasteiger partial charge in [0.15, 0.2) is 0 Å². The van der Waals surface area contributed by atoms with Crippen molar-refractivity contribution >= 4 is 99.1 Å². The number of aryl methyl sites for hydroxylation is 1. The third-order valence-corrected chi connectivity index (χ3v) is 16.9. The van der Waals surface area contributed by atoms with E-state index in [1.807, 2.05) is 56.1 Å². The number of sulfonamides is 2. The van der Waals surface area contributed by atoms with E-state index in [9.17, 15) is 26.4 Å². The lowest BCUT2D eigenvalue weighted by Gasteiger charge is -2.28. The first-order valence-electron chi connectivity index (χ1n) is 22.5. The van der Waals surface area contributed by atoms with Crippen LogP contribution in [0.25, 0.3) is 21.9 Å². The van der Waals surface area contributed by atoms with Crippen molar-refractivity contribution in [2.24, 2.45) is 11.8 Å². The van der Waals surface area contributed by atoms with Crippen LogP contribution in [0.4, 0.5) is 0 Å². The second kappa shape index (κ2) is 23.4. The van der Waals surface area contributed by atoms with E-state index in [0.29, 0.717) is 65.4 Å². The van der Waals surface area contributed by atoms with Gasteiger partial charge in [-0.1, -0.05) is 41.5 Å². The van der Waals surface area contributed by atoms with Crippen LogP contribution in [0.1, 0.15) is 80.3 Å². The molecule has 0 bridgehead atoms. The molecule has 0 aliphatic rings. The van der Waals surface area contributed by atoms with Crippen LogP contribution in [0.3, 0.4) is 0 Å².